The summed E-state index contributed by atoms with van der Waals surface area (Å²) in [6, 6.07) is 5.74. The Bertz CT molecular complexity index is 351. The molecule has 1 aromatic rings. The van der Waals surface area contributed by atoms with E-state index in [2.05, 4.69) is 6.92 Å². The number of carboxylic acids is 1. The van der Waals surface area contributed by atoms with E-state index in [0.29, 0.717) is 12.0 Å². The summed E-state index contributed by atoms with van der Waals surface area (Å²) in [5, 5.41) is 9.15. The second-order valence-electron chi connectivity index (χ2n) is 3.78. The maximum Gasteiger partial charge on any atom is 0.310 e. The van der Waals surface area contributed by atoms with E-state index in [4.69, 9.17) is 5.11 Å². The van der Waals surface area contributed by atoms with Gasteiger partial charge in [0.15, 0.2) is 0 Å². The molecule has 0 fully saturated rings. The highest BCUT2D eigenvalue weighted by molar-refractivity contribution is 7.99. The van der Waals surface area contributed by atoms with Gasteiger partial charge in [-0.1, -0.05) is 19.1 Å². The van der Waals surface area contributed by atoms with E-state index in [0.717, 1.165) is 17.9 Å². The standard InChI is InChI=1S/C13H17FO2S/c1-2-17-9-3-4-12(13(15)16)10-5-7-11(14)8-6-10/h5-8,12H,2-4,9H2,1H3,(H,15,16). The fourth-order valence-corrected chi connectivity index (χ4v) is 2.32. The lowest BCUT2D eigenvalue weighted by Gasteiger charge is -2.12. The topological polar surface area (TPSA) is 37.3 Å². The Hall–Kier alpha value is -1.03. The third-order valence-electron chi connectivity index (χ3n) is 2.56. The molecule has 1 N–H and O–H groups in total. The molecule has 0 aromatic heterocycles. The minimum absolute atomic E-state index is 0.334. The zero-order valence-corrected chi connectivity index (χ0v) is 10.7. The lowest BCUT2D eigenvalue weighted by atomic mass is 9.95. The van der Waals surface area contributed by atoms with Gasteiger partial charge in [-0.05, 0) is 42.0 Å². The molecule has 0 spiro atoms. The normalized spacial score (nSPS) is 12.4. The van der Waals surface area contributed by atoms with Crippen molar-refractivity contribution in [1.29, 1.82) is 0 Å². The molecule has 0 radical (unpaired) electrons. The second-order valence-corrected chi connectivity index (χ2v) is 5.18. The molecule has 0 saturated carbocycles. The van der Waals surface area contributed by atoms with E-state index < -0.39 is 11.9 Å². The minimum Gasteiger partial charge on any atom is -0.481 e. The predicted molar refractivity (Wildman–Crippen MR) is 69.0 cm³/mol. The first kappa shape index (κ1) is 14.0. The van der Waals surface area contributed by atoms with Crippen molar-refractivity contribution in [3.8, 4) is 0 Å². The summed E-state index contributed by atoms with van der Waals surface area (Å²) in [6.07, 6.45) is 1.47. The molecule has 1 unspecified atom stereocenters. The molecule has 1 atom stereocenters. The molecule has 0 amide bonds. The van der Waals surface area contributed by atoms with E-state index in [-0.39, 0.29) is 5.82 Å². The van der Waals surface area contributed by atoms with Crippen LogP contribution in [0.3, 0.4) is 0 Å². The first-order chi connectivity index (χ1) is 8.15. The minimum atomic E-state index is -0.835. The molecule has 1 rings (SSSR count). The second kappa shape index (κ2) is 7.33. The first-order valence-corrected chi connectivity index (χ1v) is 6.86. The molecule has 0 aliphatic rings. The Labute approximate surface area is 105 Å². The van der Waals surface area contributed by atoms with Gasteiger partial charge in [0.25, 0.3) is 0 Å². The maximum atomic E-state index is 12.8. The fourth-order valence-electron chi connectivity index (χ4n) is 1.66. The Morgan fingerprint density at radius 3 is 2.59 bits per heavy atom. The van der Waals surface area contributed by atoms with Crippen LogP contribution in [0.4, 0.5) is 4.39 Å². The van der Waals surface area contributed by atoms with Crippen LogP contribution in [0.25, 0.3) is 0 Å². The van der Waals surface area contributed by atoms with Gasteiger partial charge in [0.1, 0.15) is 5.82 Å². The molecule has 0 aliphatic carbocycles. The monoisotopic (exact) mass is 256 g/mol. The van der Waals surface area contributed by atoms with Crippen LogP contribution in [-0.2, 0) is 4.79 Å². The summed E-state index contributed by atoms with van der Waals surface area (Å²) in [6.45, 7) is 2.08. The molecule has 2 nitrogen and oxygen atoms in total. The van der Waals surface area contributed by atoms with Crippen LogP contribution >= 0.6 is 11.8 Å². The quantitative estimate of drug-likeness (QED) is 0.758. The summed E-state index contributed by atoms with van der Waals surface area (Å²) in [7, 11) is 0. The van der Waals surface area contributed by atoms with Crippen molar-refractivity contribution in [1.82, 2.24) is 0 Å². The third kappa shape index (κ3) is 4.77. The van der Waals surface area contributed by atoms with Gasteiger partial charge in [-0.25, -0.2) is 4.39 Å². The number of carboxylic acid groups (broad SMARTS) is 1. The van der Waals surface area contributed by atoms with Crippen LogP contribution in [-0.4, -0.2) is 22.6 Å². The Kier molecular flexibility index (Phi) is 6.05. The summed E-state index contributed by atoms with van der Waals surface area (Å²) in [5.41, 5.74) is 0.681. The Morgan fingerprint density at radius 1 is 1.41 bits per heavy atom. The molecule has 0 bridgehead atoms. The van der Waals surface area contributed by atoms with Crippen LogP contribution in [0.5, 0.6) is 0 Å². The lowest BCUT2D eigenvalue weighted by molar-refractivity contribution is -0.139. The number of hydrogen-bond donors (Lipinski definition) is 1. The van der Waals surface area contributed by atoms with E-state index in [1.807, 2.05) is 0 Å². The number of hydrogen-bond acceptors (Lipinski definition) is 2. The Morgan fingerprint density at radius 2 is 2.06 bits per heavy atom. The van der Waals surface area contributed by atoms with Crippen LogP contribution < -0.4 is 0 Å². The summed E-state index contributed by atoms with van der Waals surface area (Å²) < 4.78 is 12.8. The van der Waals surface area contributed by atoms with Crippen LogP contribution in [0.1, 0.15) is 31.2 Å². The SMILES string of the molecule is CCSCCCC(C(=O)O)c1ccc(F)cc1. The van der Waals surface area contributed by atoms with Gasteiger partial charge in [0.2, 0.25) is 0 Å². The first-order valence-electron chi connectivity index (χ1n) is 5.71. The number of benzene rings is 1. The van der Waals surface area contributed by atoms with Gasteiger partial charge in [-0.3, -0.25) is 4.79 Å². The zero-order chi connectivity index (χ0) is 12.7. The van der Waals surface area contributed by atoms with Crippen molar-refractivity contribution >= 4 is 17.7 Å². The molecule has 17 heavy (non-hydrogen) atoms. The molecular formula is C13H17FO2S. The van der Waals surface area contributed by atoms with Gasteiger partial charge >= 0.3 is 5.97 Å². The summed E-state index contributed by atoms with van der Waals surface area (Å²) in [4.78, 5) is 11.1. The van der Waals surface area contributed by atoms with Gasteiger partial charge in [-0.2, -0.15) is 11.8 Å². The van der Waals surface area contributed by atoms with Gasteiger partial charge < -0.3 is 5.11 Å². The molecular weight excluding hydrogens is 239 g/mol. The van der Waals surface area contributed by atoms with E-state index >= 15 is 0 Å². The van der Waals surface area contributed by atoms with Crippen molar-refractivity contribution in [2.45, 2.75) is 25.7 Å². The van der Waals surface area contributed by atoms with E-state index in [9.17, 15) is 9.18 Å². The molecule has 0 aliphatic heterocycles. The van der Waals surface area contributed by atoms with Crippen molar-refractivity contribution in [2.75, 3.05) is 11.5 Å². The number of thioether (sulfide) groups is 1. The Balaban J connectivity index is 2.59. The lowest BCUT2D eigenvalue weighted by Crippen LogP contribution is -2.12. The average Bonchev–Trinajstić information content (AvgIpc) is 2.30. The van der Waals surface area contributed by atoms with Gasteiger partial charge in [0.05, 0.1) is 5.92 Å². The predicted octanol–water partition coefficient (Wildman–Crippen LogP) is 3.53. The van der Waals surface area contributed by atoms with Gasteiger partial charge in [0, 0.05) is 0 Å². The highest BCUT2D eigenvalue weighted by Crippen LogP contribution is 2.23. The van der Waals surface area contributed by atoms with E-state index in [1.165, 1.54) is 12.1 Å². The highest BCUT2D eigenvalue weighted by Gasteiger charge is 2.19. The van der Waals surface area contributed by atoms with Crippen LogP contribution in [0, 0.1) is 5.82 Å². The number of rotatable bonds is 7. The largest absolute Gasteiger partial charge is 0.481 e. The summed E-state index contributed by atoms with van der Waals surface area (Å²) >= 11 is 1.81. The van der Waals surface area contributed by atoms with Gasteiger partial charge in [-0.15, -0.1) is 0 Å². The average molecular weight is 256 g/mol. The zero-order valence-electron chi connectivity index (χ0n) is 9.86. The maximum absolute atomic E-state index is 12.8. The molecule has 4 heteroatoms. The van der Waals surface area contributed by atoms with Crippen molar-refractivity contribution < 1.29 is 14.3 Å². The molecule has 0 heterocycles. The van der Waals surface area contributed by atoms with Crippen molar-refractivity contribution in [3.63, 3.8) is 0 Å². The number of carbonyl (C=O) groups is 1. The van der Waals surface area contributed by atoms with Crippen molar-refractivity contribution in [2.24, 2.45) is 0 Å². The fraction of sp³-hybridized carbons (Fsp3) is 0.462. The third-order valence-corrected chi connectivity index (χ3v) is 3.54. The number of aliphatic carboxylic acids is 1. The highest BCUT2D eigenvalue weighted by atomic mass is 32.2. The smallest absolute Gasteiger partial charge is 0.310 e. The number of halogens is 1. The van der Waals surface area contributed by atoms with Crippen LogP contribution in [0.15, 0.2) is 24.3 Å². The molecule has 0 saturated heterocycles. The van der Waals surface area contributed by atoms with Crippen molar-refractivity contribution in [3.05, 3.63) is 35.6 Å². The molecule has 1 aromatic carbocycles. The van der Waals surface area contributed by atoms with Crippen LogP contribution in [0.2, 0.25) is 0 Å². The molecule has 94 valence electrons. The van der Waals surface area contributed by atoms with E-state index in [1.54, 1.807) is 23.9 Å². The summed E-state index contributed by atoms with van der Waals surface area (Å²) in [5.74, 6) is 0.334.